The van der Waals surface area contributed by atoms with E-state index >= 15 is 0 Å². The molecule has 14 nitrogen and oxygen atoms in total. The third-order valence-electron chi connectivity index (χ3n) is 7.14. The minimum absolute atomic E-state index is 0.167. The molecule has 10 atom stereocenters. The molecule has 1 aromatic heterocycles. The molecule has 0 saturated carbocycles. The molecule has 3 heterocycles. The molecule has 0 radical (unpaired) electrons. The second-order valence-corrected chi connectivity index (χ2v) is 9.89. The van der Waals surface area contributed by atoms with Gasteiger partial charge in [-0.15, -0.1) is 0 Å². The largest absolute Gasteiger partial charge is 0.504 e. The summed E-state index contributed by atoms with van der Waals surface area (Å²) in [6, 6.07) is 10.8. The number of aliphatic hydroxyl groups is 6. The van der Waals surface area contributed by atoms with Crippen LogP contribution in [0.5, 0.6) is 17.2 Å². The van der Waals surface area contributed by atoms with Crippen molar-refractivity contribution in [2.24, 2.45) is 0 Å². The van der Waals surface area contributed by atoms with Gasteiger partial charge in [-0.1, -0.05) is 30.3 Å². The third kappa shape index (κ3) is 5.37. The van der Waals surface area contributed by atoms with Crippen molar-refractivity contribution in [3.63, 3.8) is 0 Å². The van der Waals surface area contributed by atoms with E-state index < -0.39 is 90.7 Å². The van der Waals surface area contributed by atoms with E-state index in [0.29, 0.717) is 5.56 Å². The van der Waals surface area contributed by atoms with Crippen LogP contribution in [0.1, 0.15) is 6.92 Å². The van der Waals surface area contributed by atoms with Crippen molar-refractivity contribution in [3.05, 3.63) is 52.7 Å². The molecule has 14 heteroatoms. The average Bonchev–Trinajstić information content (AvgIpc) is 2.96. The summed E-state index contributed by atoms with van der Waals surface area (Å²) in [6.45, 7) is 0.616. The highest BCUT2D eigenvalue weighted by molar-refractivity contribution is 5.89. The summed E-state index contributed by atoms with van der Waals surface area (Å²) in [7, 11) is 0. The van der Waals surface area contributed by atoms with Gasteiger partial charge in [0.15, 0.2) is 29.3 Å². The summed E-state index contributed by atoms with van der Waals surface area (Å²) in [6.07, 6.45) is -16.1. The summed E-state index contributed by atoms with van der Waals surface area (Å²) in [5.74, 6) is -2.04. The van der Waals surface area contributed by atoms with Crippen LogP contribution in [-0.2, 0) is 14.2 Å². The smallest absolute Gasteiger partial charge is 0.230 e. The molecule has 0 bridgehead atoms. The lowest BCUT2D eigenvalue weighted by molar-refractivity contribution is -0.354. The maximum absolute atomic E-state index is 13.0. The molecule has 0 aliphatic carbocycles. The van der Waals surface area contributed by atoms with E-state index in [2.05, 4.69) is 0 Å². The molecule has 8 N–H and O–H groups in total. The fourth-order valence-corrected chi connectivity index (χ4v) is 4.82. The van der Waals surface area contributed by atoms with E-state index in [0.717, 1.165) is 12.1 Å². The van der Waals surface area contributed by atoms with Crippen LogP contribution < -0.4 is 10.2 Å². The standard InChI is InChI=1S/C27H30O14/c1-10-18(31)21(34)23(36)26(37-10)41-25-22(35)19(32)16(9-28)39-27(25)40-24-13(30)8-15-17(20(24)33)12(29)7-14(38-15)11-5-3-2-4-6-11/h2-8,10,16,18-19,21-23,25-28,30-36H,9H2,1H3/t10-,16+,18-,19+,21+,22-,23+,25+,26-,27-/m0/s1. The Balaban J connectivity index is 1.50. The minimum atomic E-state index is -1.84. The summed E-state index contributed by atoms with van der Waals surface area (Å²) in [5, 5.41) is 82.7. The number of benzene rings is 2. The lowest BCUT2D eigenvalue weighted by Crippen LogP contribution is -2.64. The molecular weight excluding hydrogens is 548 g/mol. The van der Waals surface area contributed by atoms with Crippen LogP contribution in [0.3, 0.4) is 0 Å². The first-order chi connectivity index (χ1) is 19.5. The highest BCUT2D eigenvalue weighted by atomic mass is 16.8. The van der Waals surface area contributed by atoms with Gasteiger partial charge in [-0.05, 0) is 6.92 Å². The molecule has 5 rings (SSSR count). The number of hydrogen-bond acceptors (Lipinski definition) is 14. The minimum Gasteiger partial charge on any atom is -0.504 e. The molecule has 0 spiro atoms. The predicted octanol–water partition coefficient (Wildman–Crippen LogP) is -1.10. The Hall–Kier alpha value is -3.31. The Morgan fingerprint density at radius 1 is 0.854 bits per heavy atom. The summed E-state index contributed by atoms with van der Waals surface area (Å²) < 4.78 is 27.9. The molecule has 0 unspecified atom stereocenters. The topological polar surface area (TPSA) is 229 Å². The SMILES string of the molecule is C[C@@H]1O[C@@H](O[C@H]2[C@H](Oc3c(O)cc4oc(-c5ccccc5)cc(=O)c4c3O)O[C@H](CO)[C@@H](O)[C@@H]2O)[C@H](O)[C@H](O)[C@H]1O. The summed E-state index contributed by atoms with van der Waals surface area (Å²) in [5.41, 5.74) is -0.267. The molecule has 2 aliphatic heterocycles. The first kappa shape index (κ1) is 29.2. The van der Waals surface area contributed by atoms with E-state index in [1.165, 1.54) is 6.92 Å². The monoisotopic (exact) mass is 578 g/mol. The van der Waals surface area contributed by atoms with Crippen molar-refractivity contribution in [3.8, 4) is 28.6 Å². The van der Waals surface area contributed by atoms with E-state index in [4.69, 9.17) is 23.4 Å². The van der Waals surface area contributed by atoms with E-state index in [1.54, 1.807) is 30.3 Å². The van der Waals surface area contributed by atoms with Crippen LogP contribution in [0.2, 0.25) is 0 Å². The Kier molecular flexibility index (Phi) is 8.20. The number of phenolic OH excluding ortho intramolecular Hbond substituents is 2. The molecule has 2 saturated heterocycles. The maximum atomic E-state index is 13.0. The summed E-state index contributed by atoms with van der Waals surface area (Å²) in [4.78, 5) is 13.0. The van der Waals surface area contributed by atoms with Gasteiger partial charge >= 0.3 is 0 Å². The fourth-order valence-electron chi connectivity index (χ4n) is 4.82. The number of hydrogen-bond donors (Lipinski definition) is 8. The maximum Gasteiger partial charge on any atom is 0.230 e. The second-order valence-electron chi connectivity index (χ2n) is 9.89. The molecule has 222 valence electrons. The Morgan fingerprint density at radius 3 is 2.24 bits per heavy atom. The van der Waals surface area contributed by atoms with Crippen LogP contribution in [0.25, 0.3) is 22.3 Å². The zero-order valence-electron chi connectivity index (χ0n) is 21.5. The van der Waals surface area contributed by atoms with Crippen molar-refractivity contribution in [2.45, 2.75) is 68.3 Å². The van der Waals surface area contributed by atoms with Crippen molar-refractivity contribution in [2.75, 3.05) is 6.61 Å². The second kappa shape index (κ2) is 11.5. The quantitative estimate of drug-likeness (QED) is 0.174. The highest BCUT2D eigenvalue weighted by Gasteiger charge is 2.51. The van der Waals surface area contributed by atoms with Gasteiger partial charge in [0.2, 0.25) is 12.0 Å². The molecule has 3 aromatic rings. The normalized spacial score (nSPS) is 34.0. The highest BCUT2D eigenvalue weighted by Crippen LogP contribution is 2.43. The van der Waals surface area contributed by atoms with E-state index in [1.807, 2.05) is 0 Å². The average molecular weight is 579 g/mol. The van der Waals surface area contributed by atoms with Gasteiger partial charge in [-0.3, -0.25) is 4.79 Å². The number of aliphatic hydroxyl groups excluding tert-OH is 6. The first-order valence-electron chi connectivity index (χ1n) is 12.7. The predicted molar refractivity (Wildman–Crippen MR) is 137 cm³/mol. The van der Waals surface area contributed by atoms with Gasteiger partial charge in [0.25, 0.3) is 0 Å². The number of rotatable bonds is 6. The van der Waals surface area contributed by atoms with Crippen molar-refractivity contribution >= 4 is 11.0 Å². The van der Waals surface area contributed by atoms with Crippen LogP contribution >= 0.6 is 0 Å². The van der Waals surface area contributed by atoms with Crippen molar-refractivity contribution < 1.29 is 64.2 Å². The Morgan fingerprint density at radius 2 is 1.56 bits per heavy atom. The third-order valence-corrected chi connectivity index (χ3v) is 7.14. The van der Waals surface area contributed by atoms with Crippen LogP contribution in [0.4, 0.5) is 0 Å². The van der Waals surface area contributed by atoms with Crippen LogP contribution in [-0.4, -0.2) is 109 Å². The Labute approximate surface area is 231 Å². The summed E-state index contributed by atoms with van der Waals surface area (Å²) >= 11 is 0. The van der Waals surface area contributed by atoms with Gasteiger partial charge in [0.05, 0.1) is 12.7 Å². The van der Waals surface area contributed by atoms with E-state index in [-0.39, 0.29) is 16.7 Å². The molecular formula is C27H30O14. The number of aromatic hydroxyl groups is 2. The van der Waals surface area contributed by atoms with Gasteiger partial charge in [-0.25, -0.2) is 0 Å². The van der Waals surface area contributed by atoms with Crippen LogP contribution in [0, 0.1) is 0 Å². The molecule has 41 heavy (non-hydrogen) atoms. The molecule has 2 aromatic carbocycles. The van der Waals surface area contributed by atoms with Crippen molar-refractivity contribution in [1.82, 2.24) is 0 Å². The Bertz CT molecular complexity index is 1430. The fraction of sp³-hybridized carbons (Fsp3) is 0.444. The van der Waals surface area contributed by atoms with E-state index in [9.17, 15) is 45.6 Å². The molecule has 0 amide bonds. The number of fused-ring (bicyclic) bond motifs is 1. The van der Waals surface area contributed by atoms with Gasteiger partial charge in [0, 0.05) is 17.7 Å². The molecule has 2 fully saturated rings. The number of phenols is 2. The first-order valence-corrected chi connectivity index (χ1v) is 12.7. The molecule has 2 aliphatic rings. The van der Waals surface area contributed by atoms with Gasteiger partial charge in [0.1, 0.15) is 53.4 Å². The van der Waals surface area contributed by atoms with Crippen molar-refractivity contribution in [1.29, 1.82) is 0 Å². The zero-order valence-corrected chi connectivity index (χ0v) is 21.5. The van der Waals surface area contributed by atoms with Gasteiger partial charge < -0.3 is 64.2 Å². The zero-order chi connectivity index (χ0) is 29.6. The lowest BCUT2D eigenvalue weighted by atomic mass is 9.97. The number of ether oxygens (including phenoxy) is 4. The lowest BCUT2D eigenvalue weighted by Gasteiger charge is -2.45. The van der Waals surface area contributed by atoms with Gasteiger partial charge in [-0.2, -0.15) is 0 Å². The van der Waals surface area contributed by atoms with Crippen LogP contribution in [0.15, 0.2) is 51.7 Å².